The maximum Gasteiger partial charge on any atom is 0.261 e. The van der Waals surface area contributed by atoms with E-state index in [1.807, 2.05) is 75.4 Å². The average molecular weight is 550 g/mol. The smallest absolute Gasteiger partial charge is 0.261 e. The minimum atomic E-state index is -0.221. The lowest BCUT2D eigenvalue weighted by atomic mass is 9.89. The fourth-order valence-corrected chi connectivity index (χ4v) is 4.84. The van der Waals surface area contributed by atoms with Gasteiger partial charge in [0.2, 0.25) is 0 Å². The summed E-state index contributed by atoms with van der Waals surface area (Å²) >= 11 is 3.46. The lowest BCUT2D eigenvalue weighted by molar-refractivity contribution is 0.0555. The number of halogens is 1. The molecule has 0 radical (unpaired) electrons. The number of hydrogen-bond acceptors (Lipinski definition) is 2. The van der Waals surface area contributed by atoms with Gasteiger partial charge in [0.05, 0.1) is 0 Å². The van der Waals surface area contributed by atoms with Gasteiger partial charge in [0.1, 0.15) is 0 Å². The zero-order valence-electron chi connectivity index (χ0n) is 21.2. The van der Waals surface area contributed by atoms with E-state index in [1.165, 1.54) is 4.90 Å². The molecule has 4 heteroatoms. The Kier molecular flexibility index (Phi) is 6.70. The Balaban J connectivity index is 1.40. The van der Waals surface area contributed by atoms with Crippen LogP contribution in [0.2, 0.25) is 0 Å². The highest BCUT2D eigenvalue weighted by Crippen LogP contribution is 2.33. The molecule has 4 aromatic rings. The average Bonchev–Trinajstić information content (AvgIpc) is 2.88. The minimum absolute atomic E-state index is 0.187. The molecule has 37 heavy (non-hydrogen) atoms. The summed E-state index contributed by atoms with van der Waals surface area (Å²) in [5, 5.41) is 1.65. The topological polar surface area (TPSA) is 37.4 Å². The van der Waals surface area contributed by atoms with Crippen molar-refractivity contribution in [3.05, 3.63) is 117 Å². The number of amides is 2. The SMILES string of the molecule is CC(C)(C)CN1C(=O)c2cccc3cc(/C=C/c4ccc(/C=C/c5ccc(Br)cc5)cc4)cc(c23)C1=O. The Hall–Kier alpha value is -3.76. The van der Waals surface area contributed by atoms with Crippen LogP contribution in [0.3, 0.4) is 0 Å². The van der Waals surface area contributed by atoms with Crippen LogP contribution in [-0.2, 0) is 0 Å². The van der Waals surface area contributed by atoms with Gasteiger partial charge in [-0.3, -0.25) is 14.5 Å². The van der Waals surface area contributed by atoms with Crippen molar-refractivity contribution in [3.8, 4) is 0 Å². The second-order valence-electron chi connectivity index (χ2n) is 10.6. The van der Waals surface area contributed by atoms with Gasteiger partial charge in [0.25, 0.3) is 11.8 Å². The Morgan fingerprint density at radius 2 is 1.19 bits per heavy atom. The van der Waals surface area contributed by atoms with Gasteiger partial charge in [0, 0.05) is 27.5 Å². The molecular formula is C33H28BrNO2. The quantitative estimate of drug-likeness (QED) is 0.184. The molecule has 0 aliphatic carbocycles. The summed E-state index contributed by atoms with van der Waals surface area (Å²) in [4.78, 5) is 27.9. The molecule has 5 rings (SSSR count). The predicted molar refractivity (Wildman–Crippen MR) is 157 cm³/mol. The first-order valence-electron chi connectivity index (χ1n) is 12.3. The van der Waals surface area contributed by atoms with Crippen molar-refractivity contribution in [2.24, 2.45) is 5.41 Å². The van der Waals surface area contributed by atoms with E-state index in [0.717, 1.165) is 37.5 Å². The molecule has 0 fully saturated rings. The summed E-state index contributed by atoms with van der Waals surface area (Å²) in [7, 11) is 0. The van der Waals surface area contributed by atoms with E-state index in [-0.39, 0.29) is 17.2 Å². The Morgan fingerprint density at radius 3 is 1.76 bits per heavy atom. The molecular weight excluding hydrogens is 522 g/mol. The summed E-state index contributed by atoms with van der Waals surface area (Å²) in [6.45, 7) is 6.48. The summed E-state index contributed by atoms with van der Waals surface area (Å²) < 4.78 is 1.07. The highest BCUT2D eigenvalue weighted by Gasteiger charge is 2.35. The van der Waals surface area contributed by atoms with Gasteiger partial charge >= 0.3 is 0 Å². The van der Waals surface area contributed by atoms with E-state index in [0.29, 0.717) is 17.7 Å². The van der Waals surface area contributed by atoms with Gasteiger partial charge in [-0.15, -0.1) is 0 Å². The Morgan fingerprint density at radius 1 is 0.676 bits per heavy atom. The normalized spacial score (nSPS) is 13.9. The maximum atomic E-state index is 13.4. The fourth-order valence-electron chi connectivity index (χ4n) is 4.57. The first kappa shape index (κ1) is 24.9. The van der Waals surface area contributed by atoms with E-state index in [2.05, 4.69) is 64.5 Å². The monoisotopic (exact) mass is 549 g/mol. The fraction of sp³-hybridized carbons (Fsp3) is 0.152. The molecule has 184 valence electrons. The van der Waals surface area contributed by atoms with E-state index in [1.54, 1.807) is 0 Å². The summed E-state index contributed by atoms with van der Waals surface area (Å²) in [6, 6.07) is 26.1. The van der Waals surface area contributed by atoms with Crippen molar-refractivity contribution in [1.82, 2.24) is 4.90 Å². The van der Waals surface area contributed by atoms with Crippen LogP contribution < -0.4 is 0 Å². The molecule has 4 aromatic carbocycles. The van der Waals surface area contributed by atoms with Gasteiger partial charge < -0.3 is 0 Å². The van der Waals surface area contributed by atoms with Gasteiger partial charge in [0.15, 0.2) is 0 Å². The lowest BCUT2D eigenvalue weighted by Crippen LogP contribution is -2.44. The Labute approximate surface area is 226 Å². The standard InChI is InChI=1S/C33H28BrNO2/c1-33(2,3)21-35-31(36)28-6-4-5-26-19-25(20-29(30(26)28)32(35)37)14-13-23-9-7-22(8-10-23)11-12-24-15-17-27(34)18-16-24/h4-20H,21H2,1-3H3/b12-11+,14-13+. The van der Waals surface area contributed by atoms with Crippen LogP contribution in [0.25, 0.3) is 35.1 Å². The van der Waals surface area contributed by atoms with E-state index in [9.17, 15) is 9.59 Å². The van der Waals surface area contributed by atoms with Crippen LogP contribution in [0.1, 0.15) is 63.7 Å². The molecule has 3 nitrogen and oxygen atoms in total. The van der Waals surface area contributed by atoms with E-state index in [4.69, 9.17) is 0 Å². The summed E-state index contributed by atoms with van der Waals surface area (Å²) in [6.07, 6.45) is 8.26. The molecule has 0 unspecified atom stereocenters. The van der Waals surface area contributed by atoms with Crippen LogP contribution in [0.4, 0.5) is 0 Å². The molecule has 0 saturated heterocycles. The van der Waals surface area contributed by atoms with Gasteiger partial charge in [-0.2, -0.15) is 0 Å². The van der Waals surface area contributed by atoms with Crippen molar-refractivity contribution in [1.29, 1.82) is 0 Å². The third kappa shape index (κ3) is 5.50. The van der Waals surface area contributed by atoms with E-state index < -0.39 is 0 Å². The second kappa shape index (κ2) is 9.95. The van der Waals surface area contributed by atoms with Crippen LogP contribution in [0.15, 0.2) is 83.3 Å². The van der Waals surface area contributed by atoms with Gasteiger partial charge in [-0.1, -0.05) is 110 Å². The lowest BCUT2D eigenvalue weighted by Gasteiger charge is -2.32. The van der Waals surface area contributed by atoms with Crippen LogP contribution in [0.5, 0.6) is 0 Å². The highest BCUT2D eigenvalue weighted by atomic mass is 79.9. The molecule has 0 bridgehead atoms. The molecule has 2 amide bonds. The van der Waals surface area contributed by atoms with Crippen LogP contribution in [-0.4, -0.2) is 23.3 Å². The van der Waals surface area contributed by atoms with Crippen molar-refractivity contribution in [2.45, 2.75) is 20.8 Å². The van der Waals surface area contributed by atoms with Crippen molar-refractivity contribution < 1.29 is 9.59 Å². The maximum absolute atomic E-state index is 13.4. The number of rotatable bonds is 5. The number of carbonyl (C=O) groups is 2. The van der Waals surface area contributed by atoms with Crippen molar-refractivity contribution >= 4 is 62.8 Å². The van der Waals surface area contributed by atoms with Crippen LogP contribution in [0, 0.1) is 5.41 Å². The molecule has 0 aromatic heterocycles. The number of benzene rings is 4. The van der Waals surface area contributed by atoms with Gasteiger partial charge in [-0.05, 0) is 63.4 Å². The zero-order chi connectivity index (χ0) is 26.2. The largest absolute Gasteiger partial charge is 0.274 e. The molecule has 0 atom stereocenters. The van der Waals surface area contributed by atoms with Crippen molar-refractivity contribution in [3.63, 3.8) is 0 Å². The first-order valence-corrected chi connectivity index (χ1v) is 13.1. The summed E-state index contributed by atoms with van der Waals surface area (Å²) in [5.41, 5.74) is 5.26. The molecule has 1 heterocycles. The van der Waals surface area contributed by atoms with Gasteiger partial charge in [-0.25, -0.2) is 0 Å². The minimum Gasteiger partial charge on any atom is -0.274 e. The summed E-state index contributed by atoms with van der Waals surface area (Å²) in [5.74, 6) is -0.434. The number of carbonyl (C=O) groups excluding carboxylic acids is 2. The molecule has 0 saturated carbocycles. The number of imide groups is 1. The predicted octanol–water partition coefficient (Wildman–Crippen LogP) is 8.59. The first-order chi connectivity index (χ1) is 17.7. The zero-order valence-corrected chi connectivity index (χ0v) is 22.7. The Bertz CT molecular complexity index is 1560. The number of nitrogens with zero attached hydrogens (tertiary/aromatic N) is 1. The molecule has 1 aliphatic heterocycles. The molecule has 0 N–H and O–H groups in total. The third-order valence-electron chi connectivity index (χ3n) is 6.33. The van der Waals surface area contributed by atoms with Crippen LogP contribution >= 0.6 is 15.9 Å². The number of hydrogen-bond donors (Lipinski definition) is 0. The van der Waals surface area contributed by atoms with Crippen molar-refractivity contribution in [2.75, 3.05) is 6.54 Å². The van der Waals surface area contributed by atoms with E-state index >= 15 is 0 Å². The molecule has 0 spiro atoms. The highest BCUT2D eigenvalue weighted by molar-refractivity contribution is 9.10. The second-order valence-corrected chi connectivity index (χ2v) is 11.5. The molecule has 1 aliphatic rings. The third-order valence-corrected chi connectivity index (χ3v) is 6.85.